The first kappa shape index (κ1) is 24.1. The van der Waals surface area contributed by atoms with Gasteiger partial charge in [0.2, 0.25) is 5.95 Å². The number of nitrogens with zero attached hydrogens (tertiary/aromatic N) is 6. The lowest BCUT2D eigenvalue weighted by molar-refractivity contribution is 0.0509. The number of rotatable bonds is 4. The smallest absolute Gasteiger partial charge is 0.407 e. The number of aryl methyl sites for hydroxylation is 1. The van der Waals surface area contributed by atoms with Gasteiger partial charge in [0, 0.05) is 27.2 Å². The molecule has 3 aromatic rings. The van der Waals surface area contributed by atoms with Crippen molar-refractivity contribution in [3.63, 3.8) is 0 Å². The Hall–Kier alpha value is -4.07. The highest BCUT2D eigenvalue weighted by Gasteiger charge is 2.31. The summed E-state index contributed by atoms with van der Waals surface area (Å²) in [4.78, 5) is 44.6. The largest absolute Gasteiger partial charge is 0.444 e. The van der Waals surface area contributed by atoms with E-state index in [-0.39, 0.29) is 23.8 Å². The number of carbonyl (C=O) groups excluding carboxylic acids is 1. The molecule has 11 heteroatoms. The molecule has 4 rings (SSSR count). The van der Waals surface area contributed by atoms with Gasteiger partial charge < -0.3 is 15.0 Å². The van der Waals surface area contributed by atoms with Crippen molar-refractivity contribution in [3.8, 4) is 6.07 Å². The van der Waals surface area contributed by atoms with Crippen LogP contribution in [0, 0.1) is 11.3 Å². The van der Waals surface area contributed by atoms with Crippen LogP contribution in [-0.2, 0) is 25.4 Å². The van der Waals surface area contributed by atoms with Crippen molar-refractivity contribution in [3.05, 3.63) is 56.2 Å². The van der Waals surface area contributed by atoms with Gasteiger partial charge in [0.25, 0.3) is 5.56 Å². The number of fused-ring (bicyclic) bond motifs is 1. The number of nitrogens with one attached hydrogen (secondary N) is 1. The van der Waals surface area contributed by atoms with Crippen molar-refractivity contribution in [2.45, 2.75) is 45.4 Å². The second-order valence-electron chi connectivity index (χ2n) is 9.72. The lowest BCUT2D eigenvalue weighted by Crippen LogP contribution is -2.40. The second kappa shape index (κ2) is 8.94. The first-order valence-corrected chi connectivity index (χ1v) is 11.4. The molecule has 0 bridgehead atoms. The molecule has 1 fully saturated rings. The van der Waals surface area contributed by atoms with Crippen LogP contribution >= 0.6 is 0 Å². The van der Waals surface area contributed by atoms with E-state index in [9.17, 15) is 19.6 Å². The first-order valence-electron chi connectivity index (χ1n) is 11.4. The van der Waals surface area contributed by atoms with Crippen LogP contribution in [0.3, 0.4) is 0 Å². The highest BCUT2D eigenvalue weighted by molar-refractivity contribution is 5.75. The Bertz CT molecular complexity index is 1450. The minimum absolute atomic E-state index is 0.170. The summed E-state index contributed by atoms with van der Waals surface area (Å²) < 4.78 is 9.53. The van der Waals surface area contributed by atoms with Gasteiger partial charge in [-0.05, 0) is 38.8 Å². The van der Waals surface area contributed by atoms with E-state index >= 15 is 0 Å². The number of amides is 1. The van der Waals surface area contributed by atoms with Crippen molar-refractivity contribution in [2.24, 2.45) is 14.1 Å². The van der Waals surface area contributed by atoms with Crippen molar-refractivity contribution >= 4 is 23.2 Å². The van der Waals surface area contributed by atoms with Crippen molar-refractivity contribution in [1.29, 1.82) is 5.26 Å². The zero-order valence-corrected chi connectivity index (χ0v) is 20.5. The number of carbonyl (C=O) groups is 1. The van der Waals surface area contributed by atoms with E-state index in [0.29, 0.717) is 31.0 Å². The van der Waals surface area contributed by atoms with Gasteiger partial charge in [-0.15, -0.1) is 0 Å². The fourth-order valence-corrected chi connectivity index (χ4v) is 4.30. The van der Waals surface area contributed by atoms with E-state index in [2.05, 4.69) is 11.4 Å². The molecule has 0 saturated carbocycles. The average Bonchev–Trinajstić information content (AvgIpc) is 3.40. The Kier molecular flexibility index (Phi) is 6.15. The maximum Gasteiger partial charge on any atom is 0.407 e. The number of hydrogen-bond donors (Lipinski definition) is 1. The summed E-state index contributed by atoms with van der Waals surface area (Å²) in [7, 11) is 3.01. The van der Waals surface area contributed by atoms with Crippen molar-refractivity contribution in [2.75, 3.05) is 18.0 Å². The first-order chi connectivity index (χ1) is 16.5. The summed E-state index contributed by atoms with van der Waals surface area (Å²) in [5.74, 6) is 0.500. The van der Waals surface area contributed by atoms with Crippen LogP contribution in [0.25, 0.3) is 11.2 Å². The number of benzene rings is 1. The lowest BCUT2D eigenvalue weighted by atomic mass is 10.1. The third kappa shape index (κ3) is 4.64. The van der Waals surface area contributed by atoms with Crippen LogP contribution in [0.5, 0.6) is 0 Å². The minimum atomic E-state index is -0.602. The highest BCUT2D eigenvalue weighted by atomic mass is 16.6. The minimum Gasteiger partial charge on any atom is -0.444 e. The van der Waals surface area contributed by atoms with E-state index in [1.54, 1.807) is 44.5 Å². The summed E-state index contributed by atoms with van der Waals surface area (Å²) in [6.45, 7) is 6.68. The van der Waals surface area contributed by atoms with E-state index in [4.69, 9.17) is 9.72 Å². The number of aromatic nitrogens is 4. The molecular formula is C24H29N7O4. The van der Waals surface area contributed by atoms with Crippen LogP contribution in [0.2, 0.25) is 0 Å². The molecule has 0 aliphatic carbocycles. The van der Waals surface area contributed by atoms with Gasteiger partial charge in [-0.1, -0.05) is 18.2 Å². The van der Waals surface area contributed by atoms with Gasteiger partial charge >= 0.3 is 11.8 Å². The summed E-state index contributed by atoms with van der Waals surface area (Å²) in [6.07, 6.45) is 0.172. The van der Waals surface area contributed by atoms with Gasteiger partial charge in [0.05, 0.1) is 24.2 Å². The summed E-state index contributed by atoms with van der Waals surface area (Å²) >= 11 is 0. The maximum absolute atomic E-state index is 13.2. The van der Waals surface area contributed by atoms with Gasteiger partial charge in [-0.3, -0.25) is 18.5 Å². The molecule has 35 heavy (non-hydrogen) atoms. The Morgan fingerprint density at radius 1 is 1.23 bits per heavy atom. The number of hydrogen-bond acceptors (Lipinski definition) is 7. The molecule has 1 aliphatic heterocycles. The number of alkyl carbamates (subject to hydrolysis) is 1. The van der Waals surface area contributed by atoms with Crippen LogP contribution in [-0.4, -0.2) is 49.5 Å². The predicted molar refractivity (Wildman–Crippen MR) is 130 cm³/mol. The standard InChI is InChI=1S/C24H29N7O4/c1-24(2,3)35-22(33)26-17-10-11-30(14-17)21-27-19-18(20(32)29(5)23(34)28(19)4)31(21)13-16-9-7-6-8-15(16)12-25/h6-9,17H,10-11,13-14H2,1-5H3,(H,26,33). The van der Waals surface area contributed by atoms with E-state index < -0.39 is 22.9 Å². The topological polar surface area (TPSA) is 127 Å². The molecule has 2 aromatic heterocycles. The highest BCUT2D eigenvalue weighted by Crippen LogP contribution is 2.25. The Morgan fingerprint density at radius 2 is 1.94 bits per heavy atom. The molecule has 1 aliphatic rings. The predicted octanol–water partition coefficient (Wildman–Crippen LogP) is 1.46. The number of imidazole rings is 1. The lowest BCUT2D eigenvalue weighted by Gasteiger charge is -2.22. The number of anilines is 1. The average molecular weight is 480 g/mol. The normalized spacial score (nSPS) is 15.9. The van der Waals surface area contributed by atoms with Crippen LogP contribution in [0.15, 0.2) is 33.9 Å². The Balaban J connectivity index is 1.76. The van der Waals surface area contributed by atoms with Gasteiger partial charge in [-0.2, -0.15) is 10.2 Å². The molecule has 1 amide bonds. The fourth-order valence-electron chi connectivity index (χ4n) is 4.30. The molecule has 1 atom stereocenters. The maximum atomic E-state index is 13.2. The number of ether oxygens (including phenoxy) is 1. The van der Waals surface area contributed by atoms with Gasteiger partial charge in [0.1, 0.15) is 5.60 Å². The zero-order chi connectivity index (χ0) is 25.5. The summed E-state index contributed by atoms with van der Waals surface area (Å²) in [6, 6.07) is 9.19. The molecule has 3 heterocycles. The van der Waals surface area contributed by atoms with Crippen LogP contribution in [0.4, 0.5) is 10.7 Å². The molecule has 1 unspecified atom stereocenters. The number of nitriles is 1. The van der Waals surface area contributed by atoms with E-state index in [1.807, 2.05) is 17.0 Å². The third-order valence-electron chi connectivity index (χ3n) is 5.99. The van der Waals surface area contributed by atoms with Crippen molar-refractivity contribution in [1.82, 2.24) is 24.0 Å². The fraction of sp³-hybridized carbons (Fsp3) is 0.458. The van der Waals surface area contributed by atoms with Crippen LogP contribution < -0.4 is 21.5 Å². The zero-order valence-electron chi connectivity index (χ0n) is 20.5. The molecule has 1 N–H and O–H groups in total. The van der Waals surface area contributed by atoms with Crippen molar-refractivity contribution < 1.29 is 9.53 Å². The monoisotopic (exact) mass is 479 g/mol. The second-order valence-corrected chi connectivity index (χ2v) is 9.72. The molecule has 0 radical (unpaired) electrons. The van der Waals surface area contributed by atoms with Crippen LogP contribution in [0.1, 0.15) is 38.3 Å². The van der Waals surface area contributed by atoms with Gasteiger partial charge in [-0.25, -0.2) is 9.59 Å². The molecule has 1 aromatic carbocycles. The Labute approximate surface area is 202 Å². The van der Waals surface area contributed by atoms with Gasteiger partial charge in [0.15, 0.2) is 11.2 Å². The molecule has 184 valence electrons. The molecule has 11 nitrogen and oxygen atoms in total. The third-order valence-corrected chi connectivity index (χ3v) is 5.99. The summed E-state index contributed by atoms with van der Waals surface area (Å²) in [5, 5.41) is 12.5. The van der Waals surface area contributed by atoms with E-state index in [0.717, 1.165) is 10.1 Å². The molecular weight excluding hydrogens is 450 g/mol. The molecule has 1 saturated heterocycles. The quantitative estimate of drug-likeness (QED) is 0.600. The van der Waals surface area contributed by atoms with E-state index in [1.165, 1.54) is 11.6 Å². The summed E-state index contributed by atoms with van der Waals surface area (Å²) in [5.41, 5.74) is 0.241. The molecule has 0 spiro atoms. The Morgan fingerprint density at radius 3 is 2.63 bits per heavy atom. The SMILES string of the molecule is Cn1c(=O)c2c(nc(N3CCC(NC(=O)OC(C)(C)C)C3)n2Cc2ccccc2C#N)n(C)c1=O.